The van der Waals surface area contributed by atoms with E-state index in [9.17, 15) is 22.8 Å². The highest BCUT2D eigenvalue weighted by atomic mass is 19.4. The molecule has 1 N–H and O–H groups in total. The number of Topliss-reactive ketones (excluding diaryl/α,β-unsaturated/α-hetero) is 1. The molecule has 5 nitrogen and oxygen atoms in total. The van der Waals surface area contributed by atoms with Gasteiger partial charge in [0.15, 0.2) is 5.78 Å². The fourth-order valence-electron chi connectivity index (χ4n) is 2.36. The van der Waals surface area contributed by atoms with Gasteiger partial charge in [0.2, 0.25) is 0 Å². The van der Waals surface area contributed by atoms with E-state index >= 15 is 0 Å². The maximum absolute atomic E-state index is 12.8. The molecular formula is C18H16F3NO4. The van der Waals surface area contributed by atoms with Gasteiger partial charge in [-0.15, -0.1) is 0 Å². The second-order valence-corrected chi connectivity index (χ2v) is 5.34. The number of rotatable bonds is 5. The summed E-state index contributed by atoms with van der Waals surface area (Å²) in [4.78, 5) is 24.3. The molecule has 0 radical (unpaired) electrons. The van der Waals surface area contributed by atoms with Crippen LogP contribution in [0.1, 0.15) is 33.2 Å². The van der Waals surface area contributed by atoms with E-state index < -0.39 is 17.6 Å². The first-order chi connectivity index (χ1) is 12.2. The standard InChI is InChI=1S/C18H16F3NO4/c1-10(23)16-14(8-13(25-2)9-15(16)26-3)22-17(24)11-5-4-6-12(7-11)18(19,20)21/h4-9H,1-3H3,(H,22,24). The van der Waals surface area contributed by atoms with Gasteiger partial charge >= 0.3 is 6.18 Å². The van der Waals surface area contributed by atoms with Crippen LogP contribution in [-0.2, 0) is 6.18 Å². The number of methoxy groups -OCH3 is 2. The van der Waals surface area contributed by atoms with Crippen molar-refractivity contribution in [3.05, 3.63) is 53.1 Å². The van der Waals surface area contributed by atoms with Crippen LogP contribution < -0.4 is 14.8 Å². The average Bonchev–Trinajstić information content (AvgIpc) is 2.59. The fraction of sp³-hybridized carbons (Fsp3) is 0.222. The number of ketones is 1. The number of anilines is 1. The molecule has 8 heteroatoms. The zero-order valence-electron chi connectivity index (χ0n) is 14.2. The molecule has 2 aromatic rings. The van der Waals surface area contributed by atoms with Crippen LogP contribution in [0, 0.1) is 0 Å². The molecule has 2 rings (SSSR count). The van der Waals surface area contributed by atoms with Crippen molar-refractivity contribution in [1.29, 1.82) is 0 Å². The SMILES string of the molecule is COc1cc(NC(=O)c2cccc(C(F)(F)F)c2)c(C(C)=O)c(OC)c1. The van der Waals surface area contributed by atoms with Crippen LogP contribution in [0.3, 0.4) is 0 Å². The number of hydrogen-bond donors (Lipinski definition) is 1. The number of hydrogen-bond acceptors (Lipinski definition) is 4. The van der Waals surface area contributed by atoms with Crippen LogP contribution in [0.25, 0.3) is 0 Å². The zero-order chi connectivity index (χ0) is 19.5. The van der Waals surface area contributed by atoms with Gasteiger partial charge in [-0.25, -0.2) is 0 Å². The molecule has 0 aliphatic rings. The molecule has 0 fully saturated rings. The molecule has 0 unspecified atom stereocenters. The van der Waals surface area contributed by atoms with E-state index in [2.05, 4.69) is 5.32 Å². The summed E-state index contributed by atoms with van der Waals surface area (Å²) in [5.74, 6) is -0.694. The first kappa shape index (κ1) is 19.3. The quantitative estimate of drug-likeness (QED) is 0.806. The van der Waals surface area contributed by atoms with Gasteiger partial charge in [0.05, 0.1) is 31.0 Å². The third-order valence-corrected chi connectivity index (χ3v) is 3.58. The number of amides is 1. The molecule has 0 aromatic heterocycles. The Morgan fingerprint density at radius 2 is 1.73 bits per heavy atom. The number of carbonyl (C=O) groups excluding carboxylic acids is 2. The van der Waals surface area contributed by atoms with E-state index in [1.165, 1.54) is 39.3 Å². The Bertz CT molecular complexity index is 847. The molecule has 0 saturated heterocycles. The molecule has 138 valence electrons. The minimum Gasteiger partial charge on any atom is -0.497 e. The summed E-state index contributed by atoms with van der Waals surface area (Å²) in [7, 11) is 2.74. The van der Waals surface area contributed by atoms with E-state index in [0.29, 0.717) is 5.75 Å². The Kier molecular flexibility index (Phi) is 5.54. The summed E-state index contributed by atoms with van der Waals surface area (Å²) in [6.07, 6.45) is -4.57. The normalized spacial score (nSPS) is 11.0. The smallest absolute Gasteiger partial charge is 0.416 e. The maximum Gasteiger partial charge on any atom is 0.416 e. The van der Waals surface area contributed by atoms with Crippen LogP contribution in [0.5, 0.6) is 11.5 Å². The van der Waals surface area contributed by atoms with Crippen molar-refractivity contribution >= 4 is 17.4 Å². The second kappa shape index (κ2) is 7.47. The maximum atomic E-state index is 12.8. The van der Waals surface area contributed by atoms with Gasteiger partial charge in [0, 0.05) is 17.7 Å². The first-order valence-electron chi connectivity index (χ1n) is 7.43. The van der Waals surface area contributed by atoms with Crippen LogP contribution in [-0.4, -0.2) is 25.9 Å². The van der Waals surface area contributed by atoms with Crippen LogP contribution in [0.4, 0.5) is 18.9 Å². The summed E-state index contributed by atoms with van der Waals surface area (Å²) in [5, 5.41) is 2.45. The summed E-state index contributed by atoms with van der Waals surface area (Å²) in [5.41, 5.74) is -0.971. The molecule has 0 spiro atoms. The molecule has 0 saturated carbocycles. The van der Waals surface area contributed by atoms with Crippen molar-refractivity contribution in [1.82, 2.24) is 0 Å². The van der Waals surface area contributed by atoms with Crippen molar-refractivity contribution in [3.8, 4) is 11.5 Å². The average molecular weight is 367 g/mol. The lowest BCUT2D eigenvalue weighted by Gasteiger charge is -2.15. The summed E-state index contributed by atoms with van der Waals surface area (Å²) in [6.45, 7) is 1.28. The van der Waals surface area contributed by atoms with Gasteiger partial charge < -0.3 is 14.8 Å². The topological polar surface area (TPSA) is 64.6 Å². The minimum atomic E-state index is -4.57. The second-order valence-electron chi connectivity index (χ2n) is 5.34. The number of halogens is 3. The third-order valence-electron chi connectivity index (χ3n) is 3.58. The van der Waals surface area contributed by atoms with E-state index in [0.717, 1.165) is 18.2 Å². The highest BCUT2D eigenvalue weighted by Gasteiger charge is 2.31. The van der Waals surface area contributed by atoms with Crippen molar-refractivity contribution in [2.24, 2.45) is 0 Å². The number of ether oxygens (including phenoxy) is 2. The number of carbonyl (C=O) groups is 2. The Balaban J connectivity index is 2.44. The Morgan fingerprint density at radius 1 is 1.04 bits per heavy atom. The Hall–Kier alpha value is -3.03. The molecule has 0 bridgehead atoms. The number of alkyl halides is 3. The lowest BCUT2D eigenvalue weighted by molar-refractivity contribution is -0.137. The number of benzene rings is 2. The minimum absolute atomic E-state index is 0.0797. The van der Waals surface area contributed by atoms with E-state index in [1.807, 2.05) is 0 Å². The predicted molar refractivity (Wildman–Crippen MR) is 88.9 cm³/mol. The Morgan fingerprint density at radius 3 is 2.27 bits per heavy atom. The largest absolute Gasteiger partial charge is 0.497 e. The summed E-state index contributed by atoms with van der Waals surface area (Å²) < 4.78 is 48.7. The Labute approximate surface area is 147 Å². The molecule has 0 atom stereocenters. The van der Waals surface area contributed by atoms with Gasteiger partial charge in [-0.1, -0.05) is 6.07 Å². The van der Waals surface area contributed by atoms with Crippen molar-refractivity contribution in [2.75, 3.05) is 19.5 Å². The van der Waals surface area contributed by atoms with Crippen LogP contribution in [0.15, 0.2) is 36.4 Å². The molecule has 2 aromatic carbocycles. The van der Waals surface area contributed by atoms with Crippen molar-refractivity contribution in [2.45, 2.75) is 13.1 Å². The molecular weight excluding hydrogens is 351 g/mol. The predicted octanol–water partition coefficient (Wildman–Crippen LogP) is 4.18. The zero-order valence-corrected chi connectivity index (χ0v) is 14.2. The van der Waals surface area contributed by atoms with E-state index in [4.69, 9.17) is 9.47 Å². The number of nitrogens with one attached hydrogen (secondary N) is 1. The van der Waals surface area contributed by atoms with Crippen molar-refractivity contribution in [3.63, 3.8) is 0 Å². The molecule has 0 aliphatic heterocycles. The summed E-state index contributed by atoms with van der Waals surface area (Å²) >= 11 is 0. The van der Waals surface area contributed by atoms with Gasteiger partial charge in [0.1, 0.15) is 11.5 Å². The third kappa shape index (κ3) is 4.14. The lowest BCUT2D eigenvalue weighted by atomic mass is 10.1. The molecule has 0 heterocycles. The van der Waals surface area contributed by atoms with Gasteiger partial charge in [0.25, 0.3) is 5.91 Å². The molecule has 0 aliphatic carbocycles. The van der Waals surface area contributed by atoms with Crippen molar-refractivity contribution < 1.29 is 32.2 Å². The molecule has 1 amide bonds. The van der Waals surface area contributed by atoms with E-state index in [-0.39, 0.29) is 28.3 Å². The molecule has 26 heavy (non-hydrogen) atoms. The van der Waals surface area contributed by atoms with Gasteiger partial charge in [-0.3, -0.25) is 9.59 Å². The van der Waals surface area contributed by atoms with Crippen LogP contribution >= 0.6 is 0 Å². The monoisotopic (exact) mass is 367 g/mol. The van der Waals surface area contributed by atoms with E-state index in [1.54, 1.807) is 0 Å². The highest BCUT2D eigenvalue weighted by Crippen LogP contribution is 2.34. The van der Waals surface area contributed by atoms with Crippen LogP contribution in [0.2, 0.25) is 0 Å². The van der Waals surface area contributed by atoms with Gasteiger partial charge in [-0.2, -0.15) is 13.2 Å². The van der Waals surface area contributed by atoms with Gasteiger partial charge in [-0.05, 0) is 25.1 Å². The lowest BCUT2D eigenvalue weighted by Crippen LogP contribution is -2.16. The first-order valence-corrected chi connectivity index (χ1v) is 7.43. The highest BCUT2D eigenvalue weighted by molar-refractivity contribution is 6.10. The summed E-state index contributed by atoms with van der Waals surface area (Å²) in [6, 6.07) is 6.85. The fourth-order valence-corrected chi connectivity index (χ4v) is 2.36.